The molecule has 0 aliphatic rings. The van der Waals surface area contributed by atoms with E-state index in [1.165, 1.54) is 11.1 Å². The van der Waals surface area contributed by atoms with Gasteiger partial charge in [0.15, 0.2) is 4.80 Å². The zero-order chi connectivity index (χ0) is 21.5. The lowest BCUT2D eigenvalue weighted by Crippen LogP contribution is -2.14. The van der Waals surface area contributed by atoms with E-state index in [2.05, 4.69) is 31.0 Å². The summed E-state index contributed by atoms with van der Waals surface area (Å²) in [6.07, 6.45) is 0. The van der Waals surface area contributed by atoms with Crippen LogP contribution in [-0.2, 0) is 7.05 Å². The zero-order valence-corrected chi connectivity index (χ0v) is 18.4. The number of fused-ring (bicyclic) bond motifs is 2. The Kier molecular flexibility index (Phi) is 4.75. The number of hydrogen-bond donors (Lipinski definition) is 0. The SMILES string of the molecule is Cc1cc(C)c2c(c1)sc(=NC(=O)c1cc(-c3ccccc3)nc3ccccc13)n2C. The predicted octanol–water partition coefficient (Wildman–Crippen LogP) is 5.81. The van der Waals surface area contributed by atoms with Gasteiger partial charge in [-0.15, -0.1) is 0 Å². The molecule has 0 radical (unpaired) electrons. The molecule has 2 aromatic heterocycles. The van der Waals surface area contributed by atoms with E-state index >= 15 is 0 Å². The molecule has 0 aliphatic carbocycles. The van der Waals surface area contributed by atoms with E-state index in [0.717, 1.165) is 32.4 Å². The number of benzene rings is 3. The molecular weight excluding hydrogens is 402 g/mol. The summed E-state index contributed by atoms with van der Waals surface area (Å²) in [6, 6.07) is 23.8. The zero-order valence-electron chi connectivity index (χ0n) is 17.6. The molecule has 0 N–H and O–H groups in total. The molecule has 31 heavy (non-hydrogen) atoms. The van der Waals surface area contributed by atoms with Crippen LogP contribution in [-0.4, -0.2) is 15.5 Å². The van der Waals surface area contributed by atoms with Crippen molar-refractivity contribution >= 4 is 38.4 Å². The maximum Gasteiger partial charge on any atom is 0.280 e. The minimum Gasteiger partial charge on any atom is -0.319 e. The molecule has 0 unspecified atom stereocenters. The molecule has 0 atom stereocenters. The second kappa shape index (κ2) is 7.60. The molecule has 0 saturated heterocycles. The summed E-state index contributed by atoms with van der Waals surface area (Å²) in [5, 5.41) is 0.812. The first kappa shape index (κ1) is 19.4. The Morgan fingerprint density at radius 3 is 2.52 bits per heavy atom. The van der Waals surface area contributed by atoms with Crippen molar-refractivity contribution in [1.82, 2.24) is 9.55 Å². The van der Waals surface area contributed by atoms with Crippen LogP contribution in [0.25, 0.3) is 32.4 Å². The molecular formula is C26H21N3OS. The van der Waals surface area contributed by atoms with Gasteiger partial charge in [-0.25, -0.2) is 4.98 Å². The van der Waals surface area contributed by atoms with Gasteiger partial charge in [0, 0.05) is 18.0 Å². The van der Waals surface area contributed by atoms with Gasteiger partial charge in [-0.2, -0.15) is 4.99 Å². The number of amides is 1. The lowest BCUT2D eigenvalue weighted by Gasteiger charge is -2.07. The summed E-state index contributed by atoms with van der Waals surface area (Å²) in [6.45, 7) is 4.18. The summed E-state index contributed by atoms with van der Waals surface area (Å²) in [5.41, 5.74) is 6.60. The number of thiazole rings is 1. The normalized spacial score (nSPS) is 12.0. The van der Waals surface area contributed by atoms with E-state index in [-0.39, 0.29) is 5.91 Å². The van der Waals surface area contributed by atoms with Crippen LogP contribution in [0.5, 0.6) is 0 Å². The number of aromatic nitrogens is 2. The summed E-state index contributed by atoms with van der Waals surface area (Å²) >= 11 is 1.54. The number of carbonyl (C=O) groups is 1. The summed E-state index contributed by atoms with van der Waals surface area (Å²) in [5.74, 6) is -0.257. The second-order valence-electron chi connectivity index (χ2n) is 7.73. The van der Waals surface area contributed by atoms with Crippen molar-refractivity contribution in [2.45, 2.75) is 13.8 Å². The Morgan fingerprint density at radius 1 is 0.968 bits per heavy atom. The van der Waals surface area contributed by atoms with E-state index in [4.69, 9.17) is 4.98 Å². The molecule has 2 heterocycles. The van der Waals surface area contributed by atoms with Crippen LogP contribution < -0.4 is 4.80 Å². The minimum atomic E-state index is -0.257. The van der Waals surface area contributed by atoms with Gasteiger partial charge >= 0.3 is 0 Å². The number of rotatable bonds is 2. The van der Waals surface area contributed by atoms with E-state index in [1.54, 1.807) is 11.3 Å². The molecule has 0 saturated carbocycles. The molecule has 1 amide bonds. The third-order valence-electron chi connectivity index (χ3n) is 5.45. The molecule has 3 aromatic carbocycles. The Morgan fingerprint density at radius 2 is 1.71 bits per heavy atom. The van der Waals surface area contributed by atoms with Crippen LogP contribution in [0.4, 0.5) is 0 Å². The molecule has 4 nitrogen and oxygen atoms in total. The first-order chi connectivity index (χ1) is 15.0. The fourth-order valence-corrected chi connectivity index (χ4v) is 5.24. The van der Waals surface area contributed by atoms with E-state index in [0.29, 0.717) is 10.4 Å². The number of pyridine rings is 1. The fraction of sp³-hybridized carbons (Fsp3) is 0.115. The molecule has 5 heteroatoms. The standard InChI is InChI=1S/C26H21N3OS/c1-16-13-17(2)24-23(14-16)31-26(29(24)3)28-25(30)20-15-22(18-9-5-4-6-10-18)27-21-12-8-7-11-19(20)21/h4-15H,1-3H3. The van der Waals surface area contributed by atoms with Gasteiger partial charge in [-0.05, 0) is 43.2 Å². The third-order valence-corrected chi connectivity index (χ3v) is 6.53. The van der Waals surface area contributed by atoms with Crippen molar-refractivity contribution in [2.75, 3.05) is 0 Å². The fourth-order valence-electron chi connectivity index (χ4n) is 4.05. The molecule has 0 fully saturated rings. The van der Waals surface area contributed by atoms with Gasteiger partial charge in [0.1, 0.15) is 0 Å². The van der Waals surface area contributed by atoms with Gasteiger partial charge < -0.3 is 4.57 Å². The van der Waals surface area contributed by atoms with Crippen molar-refractivity contribution in [3.05, 3.63) is 94.3 Å². The monoisotopic (exact) mass is 423 g/mol. The average molecular weight is 424 g/mol. The van der Waals surface area contributed by atoms with Crippen molar-refractivity contribution < 1.29 is 4.79 Å². The largest absolute Gasteiger partial charge is 0.319 e. The topological polar surface area (TPSA) is 47.2 Å². The lowest BCUT2D eigenvalue weighted by atomic mass is 10.0. The highest BCUT2D eigenvalue weighted by molar-refractivity contribution is 7.16. The lowest BCUT2D eigenvalue weighted by molar-refractivity contribution is 0.0999. The van der Waals surface area contributed by atoms with Crippen LogP contribution in [0.1, 0.15) is 21.5 Å². The highest BCUT2D eigenvalue weighted by Gasteiger charge is 2.15. The Labute approximate surface area is 184 Å². The number of aryl methyl sites for hydroxylation is 3. The first-order valence-electron chi connectivity index (χ1n) is 10.1. The second-order valence-corrected chi connectivity index (χ2v) is 8.74. The van der Waals surface area contributed by atoms with Gasteiger partial charge in [0.25, 0.3) is 5.91 Å². The van der Waals surface area contributed by atoms with E-state index < -0.39 is 0 Å². The predicted molar refractivity (Wildman–Crippen MR) is 127 cm³/mol. The Balaban J connectivity index is 1.71. The summed E-state index contributed by atoms with van der Waals surface area (Å²) in [4.78, 5) is 23.4. The van der Waals surface area contributed by atoms with Gasteiger partial charge in [-0.3, -0.25) is 4.79 Å². The van der Waals surface area contributed by atoms with Crippen molar-refractivity contribution in [1.29, 1.82) is 0 Å². The first-order valence-corrected chi connectivity index (χ1v) is 10.9. The molecule has 5 aromatic rings. The van der Waals surface area contributed by atoms with Crippen LogP contribution >= 0.6 is 11.3 Å². The van der Waals surface area contributed by atoms with E-state index in [9.17, 15) is 4.79 Å². The minimum absolute atomic E-state index is 0.257. The Bertz CT molecular complexity index is 1530. The van der Waals surface area contributed by atoms with Gasteiger partial charge in [0.2, 0.25) is 0 Å². The molecule has 5 rings (SSSR count). The van der Waals surface area contributed by atoms with Crippen LogP contribution in [0.2, 0.25) is 0 Å². The van der Waals surface area contributed by atoms with Gasteiger partial charge in [0.05, 0.1) is 27.0 Å². The summed E-state index contributed by atoms with van der Waals surface area (Å²) in [7, 11) is 1.97. The maximum absolute atomic E-state index is 13.4. The van der Waals surface area contributed by atoms with Gasteiger partial charge in [-0.1, -0.05) is 65.9 Å². The molecule has 0 aliphatic heterocycles. The molecule has 0 bridgehead atoms. The number of para-hydroxylation sites is 1. The van der Waals surface area contributed by atoms with Crippen molar-refractivity contribution in [3.8, 4) is 11.3 Å². The summed E-state index contributed by atoms with van der Waals surface area (Å²) < 4.78 is 3.14. The van der Waals surface area contributed by atoms with Crippen LogP contribution in [0.3, 0.4) is 0 Å². The Hall–Kier alpha value is -3.57. The molecule has 0 spiro atoms. The smallest absolute Gasteiger partial charge is 0.280 e. The van der Waals surface area contributed by atoms with Crippen molar-refractivity contribution in [2.24, 2.45) is 12.0 Å². The quantitative estimate of drug-likeness (QED) is 0.360. The number of hydrogen-bond acceptors (Lipinski definition) is 3. The van der Waals surface area contributed by atoms with Crippen molar-refractivity contribution in [3.63, 3.8) is 0 Å². The highest BCUT2D eigenvalue weighted by atomic mass is 32.1. The average Bonchev–Trinajstić information content (AvgIpc) is 3.08. The van der Waals surface area contributed by atoms with E-state index in [1.807, 2.05) is 72.3 Å². The number of carbonyl (C=O) groups excluding carboxylic acids is 1. The maximum atomic E-state index is 13.4. The third kappa shape index (κ3) is 3.47. The number of nitrogens with zero attached hydrogens (tertiary/aromatic N) is 3. The highest BCUT2D eigenvalue weighted by Crippen LogP contribution is 2.26. The molecule has 152 valence electrons. The van der Waals surface area contributed by atoms with Crippen LogP contribution in [0.15, 0.2) is 77.8 Å². The van der Waals surface area contributed by atoms with Crippen LogP contribution in [0, 0.1) is 13.8 Å².